The van der Waals surface area contributed by atoms with Crippen LogP contribution >= 0.6 is 22.9 Å². The van der Waals surface area contributed by atoms with Gasteiger partial charge in [-0.1, -0.05) is 11.6 Å². The molecule has 0 bridgehead atoms. The zero-order chi connectivity index (χ0) is 13.7. The van der Waals surface area contributed by atoms with E-state index in [1.165, 1.54) is 6.07 Å². The monoisotopic (exact) mass is 298 g/mol. The van der Waals surface area contributed by atoms with Gasteiger partial charge in [0.1, 0.15) is 29.6 Å². The van der Waals surface area contributed by atoms with Crippen LogP contribution in [0.1, 0.15) is 9.67 Å². The lowest BCUT2D eigenvalue weighted by Crippen LogP contribution is -2.08. The first kappa shape index (κ1) is 13.7. The number of carboxylic acids is 1. The van der Waals surface area contributed by atoms with Crippen molar-refractivity contribution >= 4 is 28.9 Å². The van der Waals surface area contributed by atoms with Gasteiger partial charge in [0.05, 0.1) is 0 Å². The topological polar surface area (TPSA) is 55.8 Å². The van der Waals surface area contributed by atoms with Crippen LogP contribution in [-0.2, 0) is 0 Å². The molecule has 2 rings (SSSR count). The van der Waals surface area contributed by atoms with Gasteiger partial charge in [0, 0.05) is 16.5 Å². The van der Waals surface area contributed by atoms with Crippen LogP contribution in [0.15, 0.2) is 35.7 Å². The Bertz CT molecular complexity index is 550. The fourth-order valence-electron chi connectivity index (χ4n) is 1.36. The van der Waals surface area contributed by atoms with E-state index in [4.69, 9.17) is 26.2 Å². The van der Waals surface area contributed by atoms with Gasteiger partial charge in [0.25, 0.3) is 0 Å². The van der Waals surface area contributed by atoms with Crippen LogP contribution in [0.4, 0.5) is 0 Å². The SMILES string of the molecule is O=C(O)c1cc(OCCOc2ccc(Cl)cc2)cs1. The lowest BCUT2D eigenvalue weighted by Gasteiger charge is -2.06. The predicted molar refractivity (Wildman–Crippen MR) is 73.7 cm³/mol. The summed E-state index contributed by atoms with van der Waals surface area (Å²) < 4.78 is 10.8. The molecule has 0 amide bonds. The molecule has 6 heteroatoms. The van der Waals surface area contributed by atoms with Gasteiger partial charge in [-0.3, -0.25) is 0 Å². The van der Waals surface area contributed by atoms with Crippen molar-refractivity contribution < 1.29 is 19.4 Å². The summed E-state index contributed by atoms with van der Waals surface area (Å²) in [6.45, 7) is 0.721. The van der Waals surface area contributed by atoms with Crippen molar-refractivity contribution in [3.05, 3.63) is 45.6 Å². The van der Waals surface area contributed by atoms with Crippen molar-refractivity contribution in [3.8, 4) is 11.5 Å². The molecule has 1 N–H and O–H groups in total. The number of carboxylic acid groups (broad SMARTS) is 1. The van der Waals surface area contributed by atoms with Gasteiger partial charge in [-0.05, 0) is 24.3 Å². The van der Waals surface area contributed by atoms with Crippen LogP contribution in [0.25, 0.3) is 0 Å². The van der Waals surface area contributed by atoms with E-state index < -0.39 is 5.97 Å². The van der Waals surface area contributed by atoms with Gasteiger partial charge >= 0.3 is 5.97 Å². The second-order valence-electron chi connectivity index (χ2n) is 3.60. The van der Waals surface area contributed by atoms with E-state index in [0.29, 0.717) is 29.7 Å². The predicted octanol–water partition coefficient (Wildman–Crippen LogP) is 3.56. The molecular weight excluding hydrogens is 288 g/mol. The summed E-state index contributed by atoms with van der Waals surface area (Å²) >= 11 is 6.89. The molecular formula is C13H11ClO4S. The number of thiophene rings is 1. The third-order valence-electron chi connectivity index (χ3n) is 2.22. The lowest BCUT2D eigenvalue weighted by atomic mass is 10.3. The van der Waals surface area contributed by atoms with Crippen molar-refractivity contribution in [1.29, 1.82) is 0 Å². The molecule has 4 nitrogen and oxygen atoms in total. The number of rotatable bonds is 6. The Hall–Kier alpha value is -1.72. The lowest BCUT2D eigenvalue weighted by molar-refractivity contribution is 0.0702. The minimum atomic E-state index is -0.947. The van der Waals surface area contributed by atoms with Crippen LogP contribution in [0.5, 0.6) is 11.5 Å². The molecule has 0 saturated carbocycles. The van der Waals surface area contributed by atoms with Gasteiger partial charge < -0.3 is 14.6 Å². The summed E-state index contributed by atoms with van der Waals surface area (Å²) in [5.74, 6) is 0.309. The Labute approximate surface area is 119 Å². The normalized spacial score (nSPS) is 10.2. The fourth-order valence-corrected chi connectivity index (χ4v) is 2.15. The quantitative estimate of drug-likeness (QED) is 0.829. The highest BCUT2D eigenvalue weighted by Crippen LogP contribution is 2.21. The molecule has 2 aromatic rings. The molecule has 1 aromatic carbocycles. The van der Waals surface area contributed by atoms with Crippen molar-refractivity contribution in [2.24, 2.45) is 0 Å². The number of benzene rings is 1. The van der Waals surface area contributed by atoms with Crippen LogP contribution in [0.3, 0.4) is 0 Å². The first-order valence-corrected chi connectivity index (χ1v) is 6.74. The maximum Gasteiger partial charge on any atom is 0.346 e. The van der Waals surface area contributed by atoms with Gasteiger partial charge in [-0.2, -0.15) is 0 Å². The minimum Gasteiger partial charge on any atom is -0.490 e. The van der Waals surface area contributed by atoms with Crippen LogP contribution in [0, 0.1) is 0 Å². The Morgan fingerprint density at radius 3 is 2.37 bits per heavy atom. The summed E-state index contributed by atoms with van der Waals surface area (Å²) in [4.78, 5) is 10.9. The second-order valence-corrected chi connectivity index (χ2v) is 4.95. The largest absolute Gasteiger partial charge is 0.490 e. The van der Waals surface area contributed by atoms with Crippen molar-refractivity contribution in [3.63, 3.8) is 0 Å². The highest BCUT2D eigenvalue weighted by atomic mass is 35.5. The third-order valence-corrected chi connectivity index (χ3v) is 3.37. The Kier molecular flexibility index (Phi) is 4.65. The average Bonchev–Trinajstić information content (AvgIpc) is 2.86. The molecule has 0 aliphatic heterocycles. The Balaban J connectivity index is 1.74. The average molecular weight is 299 g/mol. The standard InChI is InChI=1S/C13H11ClO4S/c14-9-1-3-10(4-2-9)17-5-6-18-11-7-12(13(15)16)19-8-11/h1-4,7-8H,5-6H2,(H,15,16). The molecule has 0 fully saturated rings. The van der Waals surface area contributed by atoms with Crippen LogP contribution < -0.4 is 9.47 Å². The van der Waals surface area contributed by atoms with Crippen molar-refractivity contribution in [2.75, 3.05) is 13.2 Å². The maximum atomic E-state index is 10.7. The zero-order valence-corrected chi connectivity index (χ0v) is 11.4. The number of hydrogen-bond acceptors (Lipinski definition) is 4. The van der Waals surface area contributed by atoms with Gasteiger partial charge in [-0.25, -0.2) is 4.79 Å². The Morgan fingerprint density at radius 1 is 1.16 bits per heavy atom. The molecule has 0 atom stereocenters. The molecule has 19 heavy (non-hydrogen) atoms. The second kappa shape index (κ2) is 6.45. The first-order chi connectivity index (χ1) is 9.15. The fraction of sp³-hybridized carbons (Fsp3) is 0.154. The molecule has 0 saturated heterocycles. The molecule has 0 unspecified atom stereocenters. The number of carbonyl (C=O) groups is 1. The molecule has 0 spiro atoms. The Morgan fingerprint density at radius 2 is 1.79 bits per heavy atom. The van der Waals surface area contributed by atoms with E-state index in [2.05, 4.69) is 0 Å². The van der Waals surface area contributed by atoms with E-state index in [0.717, 1.165) is 11.3 Å². The van der Waals surface area contributed by atoms with E-state index in [9.17, 15) is 4.79 Å². The van der Waals surface area contributed by atoms with Crippen molar-refractivity contribution in [2.45, 2.75) is 0 Å². The number of aromatic carboxylic acids is 1. The first-order valence-electron chi connectivity index (χ1n) is 5.48. The van der Waals surface area contributed by atoms with Crippen LogP contribution in [0.2, 0.25) is 5.02 Å². The van der Waals surface area contributed by atoms with Gasteiger partial charge in [0.2, 0.25) is 0 Å². The summed E-state index contributed by atoms with van der Waals surface area (Å²) in [5.41, 5.74) is 0. The summed E-state index contributed by atoms with van der Waals surface area (Å²) in [6.07, 6.45) is 0. The number of halogens is 1. The smallest absolute Gasteiger partial charge is 0.346 e. The molecule has 1 heterocycles. The molecule has 100 valence electrons. The highest BCUT2D eigenvalue weighted by molar-refractivity contribution is 7.12. The number of ether oxygens (including phenoxy) is 2. The number of hydrogen-bond donors (Lipinski definition) is 1. The van der Waals surface area contributed by atoms with E-state index in [-0.39, 0.29) is 4.88 Å². The summed E-state index contributed by atoms with van der Waals surface area (Å²) in [6, 6.07) is 8.53. The molecule has 0 aliphatic rings. The van der Waals surface area contributed by atoms with E-state index >= 15 is 0 Å². The van der Waals surface area contributed by atoms with Gasteiger partial charge in [-0.15, -0.1) is 11.3 Å². The van der Waals surface area contributed by atoms with E-state index in [1.54, 1.807) is 29.6 Å². The van der Waals surface area contributed by atoms with Crippen LogP contribution in [-0.4, -0.2) is 24.3 Å². The minimum absolute atomic E-state index is 0.258. The van der Waals surface area contributed by atoms with E-state index in [1.807, 2.05) is 0 Å². The molecule has 1 aromatic heterocycles. The van der Waals surface area contributed by atoms with Gasteiger partial charge in [0.15, 0.2) is 0 Å². The summed E-state index contributed by atoms with van der Waals surface area (Å²) in [7, 11) is 0. The highest BCUT2D eigenvalue weighted by Gasteiger charge is 2.07. The molecule has 0 radical (unpaired) electrons. The zero-order valence-electron chi connectivity index (χ0n) is 9.84. The van der Waals surface area contributed by atoms with Crippen molar-refractivity contribution in [1.82, 2.24) is 0 Å². The maximum absolute atomic E-state index is 10.7. The third kappa shape index (κ3) is 4.15. The molecule has 0 aliphatic carbocycles. The summed E-state index contributed by atoms with van der Waals surface area (Å²) in [5, 5.41) is 11.1.